The molecule has 0 radical (unpaired) electrons. The van der Waals surface area contributed by atoms with Gasteiger partial charge in [0.1, 0.15) is 11.5 Å². The van der Waals surface area contributed by atoms with E-state index in [4.69, 9.17) is 4.42 Å². The van der Waals surface area contributed by atoms with Crippen LogP contribution in [0, 0.1) is 11.8 Å². The monoisotopic (exact) mass is 276 g/mol. The van der Waals surface area contributed by atoms with Crippen LogP contribution in [-0.4, -0.2) is 31.1 Å². The standard InChI is InChI=1S/C17H28N2O/c1-3-19(11-14-6-8-18-9-7-14)12-15-4-5-17(20-15)16-10-13(16)2/h4-5,13-14,16,18H,3,6-12H2,1-2H3. The molecule has 2 heterocycles. The Morgan fingerprint density at radius 1 is 1.30 bits per heavy atom. The van der Waals surface area contributed by atoms with E-state index in [-0.39, 0.29) is 0 Å². The average molecular weight is 276 g/mol. The van der Waals surface area contributed by atoms with E-state index < -0.39 is 0 Å². The van der Waals surface area contributed by atoms with E-state index >= 15 is 0 Å². The molecular formula is C17H28N2O. The van der Waals surface area contributed by atoms with Crippen molar-refractivity contribution in [3.63, 3.8) is 0 Å². The Kier molecular flexibility index (Phi) is 4.47. The number of piperidine rings is 1. The second-order valence-corrected chi connectivity index (χ2v) is 6.64. The summed E-state index contributed by atoms with van der Waals surface area (Å²) in [5, 5.41) is 3.45. The maximum atomic E-state index is 6.05. The topological polar surface area (TPSA) is 28.4 Å². The lowest BCUT2D eigenvalue weighted by Gasteiger charge is -2.28. The second kappa shape index (κ2) is 6.31. The summed E-state index contributed by atoms with van der Waals surface area (Å²) < 4.78 is 6.05. The van der Waals surface area contributed by atoms with Crippen molar-refractivity contribution in [2.45, 2.75) is 45.6 Å². The first-order valence-corrected chi connectivity index (χ1v) is 8.28. The molecule has 1 aromatic heterocycles. The minimum absolute atomic E-state index is 0.697. The highest BCUT2D eigenvalue weighted by Gasteiger charge is 2.36. The van der Waals surface area contributed by atoms with Crippen molar-refractivity contribution < 1.29 is 4.42 Å². The SMILES string of the molecule is CCN(Cc1ccc(C2CC2C)o1)CC1CCNCC1. The van der Waals surface area contributed by atoms with Gasteiger partial charge in [-0.05, 0) is 62.9 Å². The van der Waals surface area contributed by atoms with Gasteiger partial charge in [0, 0.05) is 12.5 Å². The second-order valence-electron chi connectivity index (χ2n) is 6.64. The Hall–Kier alpha value is -0.800. The third kappa shape index (κ3) is 3.44. The molecule has 20 heavy (non-hydrogen) atoms. The number of rotatable bonds is 6. The summed E-state index contributed by atoms with van der Waals surface area (Å²) in [6.45, 7) is 10.2. The normalized spacial score (nSPS) is 27.1. The molecule has 2 atom stereocenters. The summed E-state index contributed by atoms with van der Waals surface area (Å²) in [6.07, 6.45) is 3.94. The minimum Gasteiger partial charge on any atom is -0.464 e. The molecule has 0 amide bonds. The largest absolute Gasteiger partial charge is 0.464 e. The molecule has 2 aliphatic rings. The highest BCUT2D eigenvalue weighted by molar-refractivity contribution is 5.17. The fourth-order valence-electron chi connectivity index (χ4n) is 3.35. The van der Waals surface area contributed by atoms with E-state index in [0.29, 0.717) is 5.92 Å². The van der Waals surface area contributed by atoms with Crippen LogP contribution in [0.25, 0.3) is 0 Å². The van der Waals surface area contributed by atoms with Crippen LogP contribution in [-0.2, 0) is 6.54 Å². The summed E-state index contributed by atoms with van der Waals surface area (Å²) in [5.74, 6) is 4.74. The first-order valence-electron chi connectivity index (χ1n) is 8.28. The van der Waals surface area contributed by atoms with E-state index in [9.17, 15) is 0 Å². The molecule has 3 nitrogen and oxygen atoms in total. The van der Waals surface area contributed by atoms with E-state index in [0.717, 1.165) is 30.7 Å². The van der Waals surface area contributed by atoms with E-state index in [2.05, 4.69) is 36.2 Å². The zero-order valence-electron chi connectivity index (χ0n) is 12.9. The van der Waals surface area contributed by atoms with E-state index in [1.54, 1.807) is 0 Å². The zero-order chi connectivity index (χ0) is 13.9. The molecule has 2 unspecified atom stereocenters. The van der Waals surface area contributed by atoms with E-state index in [1.165, 1.54) is 44.7 Å². The maximum Gasteiger partial charge on any atom is 0.118 e. The van der Waals surface area contributed by atoms with Gasteiger partial charge in [0.2, 0.25) is 0 Å². The molecule has 1 N–H and O–H groups in total. The van der Waals surface area contributed by atoms with Gasteiger partial charge < -0.3 is 9.73 Å². The highest BCUT2D eigenvalue weighted by Crippen LogP contribution is 2.47. The molecule has 3 rings (SSSR count). The molecule has 0 spiro atoms. The Balaban J connectivity index is 1.52. The van der Waals surface area contributed by atoms with Crippen molar-refractivity contribution in [3.05, 3.63) is 23.7 Å². The van der Waals surface area contributed by atoms with Crippen LogP contribution in [0.4, 0.5) is 0 Å². The predicted molar refractivity (Wildman–Crippen MR) is 81.8 cm³/mol. The van der Waals surface area contributed by atoms with Gasteiger partial charge >= 0.3 is 0 Å². The number of hydrogen-bond acceptors (Lipinski definition) is 3. The highest BCUT2D eigenvalue weighted by atomic mass is 16.3. The molecular weight excluding hydrogens is 248 g/mol. The lowest BCUT2D eigenvalue weighted by atomic mass is 9.97. The summed E-state index contributed by atoms with van der Waals surface area (Å²) in [5.41, 5.74) is 0. The van der Waals surface area contributed by atoms with Gasteiger partial charge in [-0.2, -0.15) is 0 Å². The molecule has 1 aliphatic heterocycles. The Labute approximate surface area is 122 Å². The van der Waals surface area contributed by atoms with Gasteiger partial charge in [0.05, 0.1) is 6.54 Å². The molecule has 1 saturated heterocycles. The van der Waals surface area contributed by atoms with Gasteiger partial charge in [-0.15, -0.1) is 0 Å². The molecule has 2 fully saturated rings. The quantitative estimate of drug-likeness (QED) is 0.864. The number of hydrogen-bond donors (Lipinski definition) is 1. The lowest BCUT2D eigenvalue weighted by molar-refractivity contribution is 0.193. The molecule has 3 heteroatoms. The fourth-order valence-corrected chi connectivity index (χ4v) is 3.35. The number of nitrogens with one attached hydrogen (secondary N) is 1. The van der Waals surface area contributed by atoms with Crippen molar-refractivity contribution in [1.82, 2.24) is 10.2 Å². The van der Waals surface area contributed by atoms with Crippen LogP contribution in [0.15, 0.2) is 16.5 Å². The molecule has 1 saturated carbocycles. The minimum atomic E-state index is 0.697. The van der Waals surface area contributed by atoms with Crippen LogP contribution in [0.5, 0.6) is 0 Å². The summed E-state index contributed by atoms with van der Waals surface area (Å²) in [7, 11) is 0. The summed E-state index contributed by atoms with van der Waals surface area (Å²) in [4.78, 5) is 2.54. The van der Waals surface area contributed by atoms with Gasteiger partial charge in [-0.25, -0.2) is 0 Å². The molecule has 1 aliphatic carbocycles. The fraction of sp³-hybridized carbons (Fsp3) is 0.765. The maximum absolute atomic E-state index is 6.05. The van der Waals surface area contributed by atoms with Gasteiger partial charge in [0.25, 0.3) is 0 Å². The first-order chi connectivity index (χ1) is 9.76. The Morgan fingerprint density at radius 3 is 2.70 bits per heavy atom. The average Bonchev–Trinajstić information content (AvgIpc) is 3.02. The van der Waals surface area contributed by atoms with Gasteiger partial charge in [0.15, 0.2) is 0 Å². The van der Waals surface area contributed by atoms with Crippen molar-refractivity contribution in [1.29, 1.82) is 0 Å². The van der Waals surface area contributed by atoms with Crippen LogP contribution in [0.3, 0.4) is 0 Å². The number of furan rings is 1. The molecule has 0 aromatic carbocycles. The molecule has 1 aromatic rings. The van der Waals surface area contributed by atoms with Crippen LogP contribution in [0.2, 0.25) is 0 Å². The Bertz CT molecular complexity index is 422. The lowest BCUT2D eigenvalue weighted by Crippen LogP contribution is -2.35. The smallest absolute Gasteiger partial charge is 0.118 e. The third-order valence-corrected chi connectivity index (χ3v) is 4.96. The summed E-state index contributed by atoms with van der Waals surface area (Å²) in [6, 6.07) is 4.38. The van der Waals surface area contributed by atoms with Crippen molar-refractivity contribution >= 4 is 0 Å². The van der Waals surface area contributed by atoms with Crippen LogP contribution in [0.1, 0.15) is 50.5 Å². The first kappa shape index (κ1) is 14.2. The summed E-state index contributed by atoms with van der Waals surface area (Å²) >= 11 is 0. The van der Waals surface area contributed by atoms with E-state index in [1.807, 2.05) is 0 Å². The van der Waals surface area contributed by atoms with Crippen molar-refractivity contribution in [3.8, 4) is 0 Å². The number of nitrogens with zero attached hydrogens (tertiary/aromatic N) is 1. The van der Waals surface area contributed by atoms with Crippen LogP contribution < -0.4 is 5.32 Å². The molecule has 0 bridgehead atoms. The Morgan fingerprint density at radius 2 is 2.05 bits per heavy atom. The van der Waals surface area contributed by atoms with Gasteiger partial charge in [-0.1, -0.05) is 13.8 Å². The molecule has 112 valence electrons. The zero-order valence-corrected chi connectivity index (χ0v) is 12.9. The van der Waals surface area contributed by atoms with Crippen molar-refractivity contribution in [2.24, 2.45) is 11.8 Å². The van der Waals surface area contributed by atoms with Crippen molar-refractivity contribution in [2.75, 3.05) is 26.2 Å². The predicted octanol–water partition coefficient (Wildman–Crippen LogP) is 3.22. The van der Waals surface area contributed by atoms with Gasteiger partial charge in [-0.3, -0.25) is 4.90 Å². The third-order valence-electron chi connectivity index (χ3n) is 4.96. The van der Waals surface area contributed by atoms with Crippen LogP contribution >= 0.6 is 0 Å².